The van der Waals surface area contributed by atoms with Gasteiger partial charge in [-0.15, -0.1) is 0 Å². The predicted molar refractivity (Wildman–Crippen MR) is 83.4 cm³/mol. The summed E-state index contributed by atoms with van der Waals surface area (Å²) < 4.78 is 2.27. The maximum absolute atomic E-state index is 8.67. The van der Waals surface area contributed by atoms with Crippen molar-refractivity contribution in [2.45, 2.75) is 52.2 Å². The summed E-state index contributed by atoms with van der Waals surface area (Å²) in [5.41, 5.74) is 2.72. The summed E-state index contributed by atoms with van der Waals surface area (Å²) in [5, 5.41) is 13.5. The van der Waals surface area contributed by atoms with Crippen LogP contribution in [0.15, 0.2) is 30.5 Å². The lowest BCUT2D eigenvalue weighted by atomic mass is 10.1. The molecule has 106 valence electrons. The molecule has 3 nitrogen and oxygen atoms in total. The minimum absolute atomic E-state index is 0.112. The number of aromatic nitrogens is 1. The van der Waals surface area contributed by atoms with E-state index in [1.807, 2.05) is 0 Å². The van der Waals surface area contributed by atoms with E-state index in [2.05, 4.69) is 67.2 Å². The number of unbranched alkanes of at least 4 members (excludes halogenated alkanes) is 1. The average molecular weight is 269 g/mol. The third-order valence-corrected chi connectivity index (χ3v) is 3.37. The second-order valence-corrected chi connectivity index (χ2v) is 6.23. The van der Waals surface area contributed by atoms with Crippen LogP contribution >= 0.6 is 0 Å². The molecule has 20 heavy (non-hydrogen) atoms. The van der Waals surface area contributed by atoms with Gasteiger partial charge in [-0.25, -0.2) is 0 Å². The molecular weight excluding hydrogens is 246 g/mol. The minimum Gasteiger partial charge on any atom is -0.347 e. The number of nitrogens with one attached hydrogen (secondary N) is 1. The molecule has 0 aliphatic carbocycles. The molecular formula is C17H23N3. The first kappa shape index (κ1) is 14.6. The molecule has 0 spiro atoms. The lowest BCUT2D eigenvalue weighted by Gasteiger charge is -2.21. The van der Waals surface area contributed by atoms with Crippen molar-refractivity contribution < 1.29 is 0 Å². The van der Waals surface area contributed by atoms with E-state index in [9.17, 15) is 0 Å². The fourth-order valence-corrected chi connectivity index (χ4v) is 2.36. The summed E-state index contributed by atoms with van der Waals surface area (Å²) in [6.45, 7) is 8.31. The highest BCUT2D eigenvalue weighted by Crippen LogP contribution is 2.21. The molecule has 0 radical (unpaired) electrons. The van der Waals surface area contributed by atoms with Crippen LogP contribution < -0.4 is 5.32 Å². The largest absolute Gasteiger partial charge is 0.347 e. The normalized spacial score (nSPS) is 11.7. The Hall–Kier alpha value is -1.79. The van der Waals surface area contributed by atoms with Gasteiger partial charge in [0.25, 0.3) is 0 Å². The van der Waals surface area contributed by atoms with Gasteiger partial charge in [0.05, 0.1) is 11.6 Å². The monoisotopic (exact) mass is 269 g/mol. The van der Waals surface area contributed by atoms with Gasteiger partial charge in [-0.2, -0.15) is 5.26 Å². The molecule has 1 aromatic heterocycles. The van der Waals surface area contributed by atoms with Gasteiger partial charge in [0, 0.05) is 31.2 Å². The molecule has 2 aromatic rings. The van der Waals surface area contributed by atoms with Gasteiger partial charge in [-0.1, -0.05) is 18.2 Å². The number of aryl methyl sites for hydroxylation is 1. The van der Waals surface area contributed by atoms with Crippen LogP contribution in [0, 0.1) is 11.3 Å². The molecule has 2 rings (SSSR count). The predicted octanol–water partition coefficient (Wildman–Crippen LogP) is 3.83. The molecule has 0 saturated heterocycles. The molecule has 0 unspecified atom stereocenters. The molecule has 0 saturated carbocycles. The first-order chi connectivity index (χ1) is 9.51. The van der Waals surface area contributed by atoms with Crippen molar-refractivity contribution in [2.24, 2.45) is 0 Å². The summed E-state index contributed by atoms with van der Waals surface area (Å²) in [7, 11) is 0. The summed E-state index contributed by atoms with van der Waals surface area (Å²) in [4.78, 5) is 0. The Morgan fingerprint density at radius 3 is 2.75 bits per heavy atom. The SMILES string of the molecule is CC(C)(C)NCc1cccc2ccn(CCCC#N)c12. The summed E-state index contributed by atoms with van der Waals surface area (Å²) >= 11 is 0. The quantitative estimate of drug-likeness (QED) is 0.838. The zero-order chi connectivity index (χ0) is 14.6. The lowest BCUT2D eigenvalue weighted by Crippen LogP contribution is -2.35. The van der Waals surface area contributed by atoms with Crippen molar-refractivity contribution in [3.63, 3.8) is 0 Å². The van der Waals surface area contributed by atoms with E-state index in [4.69, 9.17) is 5.26 Å². The third kappa shape index (κ3) is 3.61. The number of hydrogen-bond acceptors (Lipinski definition) is 2. The van der Waals surface area contributed by atoms with E-state index in [1.165, 1.54) is 16.5 Å². The molecule has 1 heterocycles. The molecule has 0 atom stereocenters. The van der Waals surface area contributed by atoms with Crippen LogP contribution in [0.5, 0.6) is 0 Å². The zero-order valence-electron chi connectivity index (χ0n) is 12.6. The number of para-hydroxylation sites is 1. The Morgan fingerprint density at radius 1 is 1.25 bits per heavy atom. The molecule has 1 N–H and O–H groups in total. The Balaban J connectivity index is 2.25. The van der Waals surface area contributed by atoms with E-state index in [-0.39, 0.29) is 5.54 Å². The van der Waals surface area contributed by atoms with Crippen molar-refractivity contribution in [2.75, 3.05) is 0 Å². The lowest BCUT2D eigenvalue weighted by molar-refractivity contribution is 0.424. The molecule has 0 aliphatic rings. The van der Waals surface area contributed by atoms with Crippen LogP contribution in [0.25, 0.3) is 10.9 Å². The second kappa shape index (κ2) is 6.11. The number of hydrogen-bond donors (Lipinski definition) is 1. The fourth-order valence-electron chi connectivity index (χ4n) is 2.36. The van der Waals surface area contributed by atoms with Crippen molar-refractivity contribution >= 4 is 10.9 Å². The van der Waals surface area contributed by atoms with Crippen LogP contribution in [0.4, 0.5) is 0 Å². The van der Waals surface area contributed by atoms with Gasteiger partial charge in [0.15, 0.2) is 0 Å². The van der Waals surface area contributed by atoms with Gasteiger partial charge in [-0.05, 0) is 44.2 Å². The molecule has 0 aliphatic heterocycles. The second-order valence-electron chi connectivity index (χ2n) is 6.23. The third-order valence-electron chi connectivity index (χ3n) is 3.37. The van der Waals surface area contributed by atoms with Crippen molar-refractivity contribution in [1.29, 1.82) is 5.26 Å². The molecule has 0 fully saturated rings. The Labute approximate surface area is 121 Å². The highest BCUT2D eigenvalue weighted by Gasteiger charge is 2.11. The number of fused-ring (bicyclic) bond motifs is 1. The highest BCUT2D eigenvalue weighted by atomic mass is 15.0. The standard InChI is InChI=1S/C17H23N3/c1-17(2,3)19-13-15-8-6-7-14-9-12-20(16(14)15)11-5-4-10-18/h6-9,12,19H,4-5,11,13H2,1-3H3. The van der Waals surface area contributed by atoms with Crippen molar-refractivity contribution in [1.82, 2.24) is 9.88 Å². The van der Waals surface area contributed by atoms with Crippen LogP contribution in [0.3, 0.4) is 0 Å². The summed E-state index contributed by atoms with van der Waals surface area (Å²) in [5.74, 6) is 0. The fraction of sp³-hybridized carbons (Fsp3) is 0.471. The topological polar surface area (TPSA) is 40.8 Å². The zero-order valence-corrected chi connectivity index (χ0v) is 12.6. The summed E-state index contributed by atoms with van der Waals surface area (Å²) in [6, 6.07) is 10.8. The van der Waals surface area contributed by atoms with Crippen LogP contribution in [-0.2, 0) is 13.1 Å². The van der Waals surface area contributed by atoms with E-state index in [1.54, 1.807) is 0 Å². The summed E-state index contributed by atoms with van der Waals surface area (Å²) in [6.07, 6.45) is 3.64. The van der Waals surface area contributed by atoms with Crippen molar-refractivity contribution in [3.05, 3.63) is 36.0 Å². The molecule has 0 amide bonds. The number of nitrogens with zero attached hydrogens (tertiary/aromatic N) is 2. The average Bonchev–Trinajstić information content (AvgIpc) is 2.80. The molecule has 3 heteroatoms. The van der Waals surface area contributed by atoms with Gasteiger partial charge >= 0.3 is 0 Å². The van der Waals surface area contributed by atoms with E-state index in [0.29, 0.717) is 6.42 Å². The van der Waals surface area contributed by atoms with Crippen LogP contribution in [0.1, 0.15) is 39.2 Å². The first-order valence-corrected chi connectivity index (χ1v) is 7.20. The Bertz CT molecular complexity index is 611. The van der Waals surface area contributed by atoms with Crippen molar-refractivity contribution in [3.8, 4) is 6.07 Å². The number of benzene rings is 1. The van der Waals surface area contributed by atoms with E-state index >= 15 is 0 Å². The van der Waals surface area contributed by atoms with E-state index in [0.717, 1.165) is 19.5 Å². The van der Waals surface area contributed by atoms with Gasteiger partial charge < -0.3 is 9.88 Å². The minimum atomic E-state index is 0.112. The molecule has 1 aromatic carbocycles. The van der Waals surface area contributed by atoms with Gasteiger partial charge in [-0.3, -0.25) is 0 Å². The number of rotatable bonds is 5. The highest BCUT2D eigenvalue weighted by molar-refractivity contribution is 5.83. The maximum Gasteiger partial charge on any atom is 0.0622 e. The maximum atomic E-state index is 8.67. The molecule has 0 bridgehead atoms. The smallest absolute Gasteiger partial charge is 0.0622 e. The first-order valence-electron chi connectivity index (χ1n) is 7.20. The Kier molecular flexibility index (Phi) is 4.46. The van der Waals surface area contributed by atoms with Gasteiger partial charge in [0.1, 0.15) is 0 Å². The van der Waals surface area contributed by atoms with Crippen LogP contribution in [0.2, 0.25) is 0 Å². The Morgan fingerprint density at radius 2 is 2.05 bits per heavy atom. The van der Waals surface area contributed by atoms with Crippen LogP contribution in [-0.4, -0.2) is 10.1 Å². The number of nitriles is 1. The van der Waals surface area contributed by atoms with Gasteiger partial charge in [0.2, 0.25) is 0 Å². The van der Waals surface area contributed by atoms with E-state index < -0.39 is 0 Å².